The van der Waals surface area contributed by atoms with Crippen molar-refractivity contribution in [3.05, 3.63) is 82.7 Å². The smallest absolute Gasteiger partial charge is 0.338 e. The van der Waals surface area contributed by atoms with E-state index in [4.69, 9.17) is 4.74 Å². The van der Waals surface area contributed by atoms with Gasteiger partial charge in [-0.1, -0.05) is 39.4 Å². The van der Waals surface area contributed by atoms with Crippen LogP contribution in [0.3, 0.4) is 0 Å². The quantitative estimate of drug-likeness (QED) is 0.531. The van der Waals surface area contributed by atoms with Gasteiger partial charge in [-0.25, -0.2) is 9.79 Å². The van der Waals surface area contributed by atoms with E-state index in [9.17, 15) is 9.59 Å². The molecule has 1 aromatic carbocycles. The third-order valence-corrected chi connectivity index (χ3v) is 6.62. The Morgan fingerprint density at radius 2 is 2.10 bits per heavy atom. The molecule has 0 amide bonds. The van der Waals surface area contributed by atoms with E-state index in [0.717, 1.165) is 21.3 Å². The lowest BCUT2D eigenvalue weighted by Crippen LogP contribution is -2.40. The van der Waals surface area contributed by atoms with Crippen LogP contribution < -0.4 is 14.9 Å². The summed E-state index contributed by atoms with van der Waals surface area (Å²) in [6, 6.07) is 7.06. The minimum atomic E-state index is -0.646. The second-order valence-corrected chi connectivity index (χ2v) is 8.86. The van der Waals surface area contributed by atoms with Crippen molar-refractivity contribution < 1.29 is 9.53 Å². The van der Waals surface area contributed by atoms with Gasteiger partial charge in [0.25, 0.3) is 5.56 Å². The van der Waals surface area contributed by atoms with Crippen molar-refractivity contribution in [2.24, 2.45) is 12.0 Å². The normalized spacial score (nSPS) is 16.4. The second kappa shape index (κ2) is 7.81. The fourth-order valence-corrected chi connectivity index (χ4v) is 4.98. The van der Waals surface area contributed by atoms with E-state index in [2.05, 4.69) is 26.0 Å². The molecule has 4 rings (SSSR count). The van der Waals surface area contributed by atoms with E-state index < -0.39 is 12.0 Å². The Morgan fingerprint density at radius 1 is 1.33 bits per heavy atom. The highest BCUT2D eigenvalue weighted by Gasteiger charge is 2.34. The number of carbonyl (C=O) groups excluding carboxylic acids is 1. The van der Waals surface area contributed by atoms with Crippen molar-refractivity contribution in [2.75, 3.05) is 7.11 Å². The molecule has 0 saturated carbocycles. The predicted molar refractivity (Wildman–Crippen MR) is 118 cm³/mol. The molecule has 1 aliphatic heterocycles. The van der Waals surface area contributed by atoms with Crippen LogP contribution >= 0.6 is 27.3 Å². The van der Waals surface area contributed by atoms with Gasteiger partial charge in [0.05, 0.1) is 29.1 Å². The van der Waals surface area contributed by atoms with Crippen LogP contribution in [0.2, 0.25) is 0 Å². The second-order valence-electron chi connectivity index (χ2n) is 6.94. The molecule has 0 aliphatic carbocycles. The number of nitrogens with zero attached hydrogens (tertiary/aromatic N) is 4. The van der Waals surface area contributed by atoms with Crippen molar-refractivity contribution in [2.45, 2.75) is 19.9 Å². The Balaban J connectivity index is 2.01. The molecule has 154 valence electrons. The first-order valence-corrected chi connectivity index (χ1v) is 10.8. The maximum Gasteiger partial charge on any atom is 0.338 e. The van der Waals surface area contributed by atoms with Crippen LogP contribution in [-0.4, -0.2) is 27.4 Å². The molecular formula is C21H19BrN4O3S. The van der Waals surface area contributed by atoms with E-state index in [0.29, 0.717) is 20.6 Å². The molecule has 0 fully saturated rings. The molecular weight excluding hydrogens is 468 g/mol. The fourth-order valence-electron chi connectivity index (χ4n) is 3.52. The zero-order valence-corrected chi connectivity index (χ0v) is 19.2. The lowest BCUT2D eigenvalue weighted by atomic mass is 9.96. The zero-order valence-electron chi connectivity index (χ0n) is 16.8. The molecule has 0 bridgehead atoms. The number of thiazole rings is 1. The fraction of sp³-hybridized carbons (Fsp3) is 0.238. The number of hydrogen-bond donors (Lipinski definition) is 0. The number of methoxy groups -OCH3 is 1. The van der Waals surface area contributed by atoms with Gasteiger partial charge in [-0.2, -0.15) is 5.10 Å². The van der Waals surface area contributed by atoms with E-state index in [1.807, 2.05) is 44.3 Å². The zero-order chi connectivity index (χ0) is 21.6. The Morgan fingerprint density at radius 3 is 2.73 bits per heavy atom. The highest BCUT2D eigenvalue weighted by atomic mass is 79.9. The summed E-state index contributed by atoms with van der Waals surface area (Å²) in [4.78, 5) is 31.2. The van der Waals surface area contributed by atoms with Gasteiger partial charge in [0.2, 0.25) is 0 Å². The number of esters is 1. The Kier molecular flexibility index (Phi) is 5.33. The molecule has 1 unspecified atom stereocenters. The van der Waals surface area contributed by atoms with Crippen LogP contribution in [0.25, 0.3) is 6.08 Å². The van der Waals surface area contributed by atoms with Gasteiger partial charge in [-0.05, 0) is 37.6 Å². The van der Waals surface area contributed by atoms with Crippen molar-refractivity contribution >= 4 is 39.3 Å². The third kappa shape index (κ3) is 3.37. The molecule has 30 heavy (non-hydrogen) atoms. The first kappa shape index (κ1) is 20.5. The maximum atomic E-state index is 13.4. The van der Waals surface area contributed by atoms with Gasteiger partial charge < -0.3 is 4.74 Å². The Bertz CT molecular complexity index is 1380. The lowest BCUT2D eigenvalue weighted by molar-refractivity contribution is -0.136. The average molecular weight is 487 g/mol. The number of ether oxygens (including phenoxy) is 1. The Hall–Kier alpha value is -2.78. The highest BCUT2D eigenvalue weighted by molar-refractivity contribution is 9.10. The molecule has 0 saturated heterocycles. The van der Waals surface area contributed by atoms with Gasteiger partial charge in [-0.15, -0.1) is 0 Å². The van der Waals surface area contributed by atoms with E-state index in [1.54, 1.807) is 22.4 Å². The van der Waals surface area contributed by atoms with Crippen LogP contribution in [-0.2, 0) is 16.6 Å². The predicted octanol–water partition coefficient (Wildman–Crippen LogP) is 2.21. The number of aromatic nitrogens is 3. The molecule has 0 spiro atoms. The molecule has 3 aromatic rings. The van der Waals surface area contributed by atoms with Crippen molar-refractivity contribution in [3.63, 3.8) is 0 Å². The summed E-state index contributed by atoms with van der Waals surface area (Å²) in [5.74, 6) is -0.509. The molecule has 1 atom stereocenters. The minimum Gasteiger partial charge on any atom is -0.466 e. The number of rotatable bonds is 3. The lowest BCUT2D eigenvalue weighted by Gasteiger charge is -2.23. The van der Waals surface area contributed by atoms with Gasteiger partial charge in [0.15, 0.2) is 4.80 Å². The molecule has 9 heteroatoms. The molecule has 7 nitrogen and oxygen atoms in total. The van der Waals surface area contributed by atoms with Gasteiger partial charge in [-0.3, -0.25) is 14.0 Å². The van der Waals surface area contributed by atoms with E-state index >= 15 is 0 Å². The summed E-state index contributed by atoms with van der Waals surface area (Å²) in [5, 5.41) is 4.31. The maximum absolute atomic E-state index is 13.4. The number of fused-ring (bicyclic) bond motifs is 1. The van der Waals surface area contributed by atoms with E-state index in [1.165, 1.54) is 18.4 Å². The van der Waals surface area contributed by atoms with Gasteiger partial charge in [0, 0.05) is 22.8 Å². The molecule has 1 aliphatic rings. The van der Waals surface area contributed by atoms with Crippen LogP contribution in [0.5, 0.6) is 0 Å². The van der Waals surface area contributed by atoms with Crippen molar-refractivity contribution in [3.8, 4) is 0 Å². The van der Waals surface area contributed by atoms with Crippen molar-refractivity contribution in [1.82, 2.24) is 14.3 Å². The number of aryl methyl sites for hydroxylation is 1. The molecule has 2 aromatic heterocycles. The van der Waals surface area contributed by atoms with Crippen molar-refractivity contribution in [1.29, 1.82) is 0 Å². The summed E-state index contributed by atoms with van der Waals surface area (Å²) >= 11 is 4.75. The molecule has 0 radical (unpaired) electrons. The highest BCUT2D eigenvalue weighted by Crippen LogP contribution is 2.32. The molecule has 0 N–H and O–H groups in total. The third-order valence-electron chi connectivity index (χ3n) is 5.14. The largest absolute Gasteiger partial charge is 0.466 e. The van der Waals surface area contributed by atoms with Crippen LogP contribution in [0.1, 0.15) is 29.8 Å². The van der Waals surface area contributed by atoms with E-state index in [-0.39, 0.29) is 5.56 Å². The standard InChI is InChI=1S/C21H19BrN4O3S/c1-11-17(20(28)29-4)18(15-10-23-25(3)12(15)2)26-19(27)16(30-21(26)24-11)9-13-6-5-7-14(22)8-13/h5-10,18H,1-4H3. The SMILES string of the molecule is COC(=O)C1=C(C)N=c2sc(=Cc3cccc(Br)c3)c(=O)n2C1c1cnn(C)c1C. The van der Waals surface area contributed by atoms with Crippen LogP contribution in [0.4, 0.5) is 0 Å². The summed E-state index contributed by atoms with van der Waals surface area (Å²) in [7, 11) is 3.15. The number of allylic oxidation sites excluding steroid dienone is 1. The summed E-state index contributed by atoms with van der Waals surface area (Å²) < 4.78 is 9.77. The summed E-state index contributed by atoms with van der Waals surface area (Å²) in [5.41, 5.74) is 3.19. The van der Waals surface area contributed by atoms with Crippen LogP contribution in [0.15, 0.2) is 56.0 Å². The number of benzene rings is 1. The Labute approximate surface area is 184 Å². The monoisotopic (exact) mass is 486 g/mol. The first-order chi connectivity index (χ1) is 14.3. The summed E-state index contributed by atoms with van der Waals surface area (Å²) in [6.07, 6.45) is 3.52. The number of halogens is 1. The minimum absolute atomic E-state index is 0.208. The van der Waals surface area contributed by atoms with Gasteiger partial charge in [0.1, 0.15) is 6.04 Å². The summed E-state index contributed by atoms with van der Waals surface area (Å²) in [6.45, 7) is 3.67. The average Bonchev–Trinajstić information content (AvgIpc) is 3.19. The number of hydrogen-bond acceptors (Lipinski definition) is 6. The van der Waals surface area contributed by atoms with Gasteiger partial charge >= 0.3 is 5.97 Å². The first-order valence-electron chi connectivity index (χ1n) is 9.16. The number of carbonyl (C=O) groups is 1. The molecule has 3 heterocycles. The topological polar surface area (TPSA) is 78.5 Å². The van der Waals surface area contributed by atoms with Crippen LogP contribution in [0, 0.1) is 6.92 Å².